The SMILES string of the molecule is Cn1ncc(Cl)c1C(NN)C1CN2CCN1CC2. The van der Waals surface area contributed by atoms with Crippen molar-refractivity contribution in [3.63, 3.8) is 0 Å². The van der Waals surface area contributed by atoms with E-state index in [9.17, 15) is 0 Å². The van der Waals surface area contributed by atoms with Crippen molar-refractivity contribution in [2.24, 2.45) is 12.9 Å². The molecule has 18 heavy (non-hydrogen) atoms. The number of rotatable bonds is 3. The van der Waals surface area contributed by atoms with E-state index in [1.54, 1.807) is 6.20 Å². The Balaban J connectivity index is 1.89. The highest BCUT2D eigenvalue weighted by Gasteiger charge is 2.38. The van der Waals surface area contributed by atoms with Crippen LogP contribution in [0.2, 0.25) is 5.02 Å². The first kappa shape index (κ1) is 12.4. The molecule has 1 aromatic rings. The van der Waals surface area contributed by atoms with E-state index in [1.807, 2.05) is 11.7 Å². The number of aryl methyl sites for hydroxylation is 1. The molecule has 1 aromatic heterocycles. The smallest absolute Gasteiger partial charge is 0.0835 e. The summed E-state index contributed by atoms with van der Waals surface area (Å²) in [5, 5.41) is 4.88. The van der Waals surface area contributed by atoms with E-state index in [2.05, 4.69) is 20.3 Å². The van der Waals surface area contributed by atoms with E-state index in [0.717, 1.165) is 38.4 Å². The van der Waals surface area contributed by atoms with Gasteiger partial charge in [0.25, 0.3) is 0 Å². The zero-order valence-corrected chi connectivity index (χ0v) is 11.3. The van der Waals surface area contributed by atoms with Gasteiger partial charge in [-0.25, -0.2) is 5.43 Å². The van der Waals surface area contributed by atoms with Crippen molar-refractivity contribution < 1.29 is 0 Å². The van der Waals surface area contributed by atoms with Gasteiger partial charge in [-0.2, -0.15) is 5.10 Å². The van der Waals surface area contributed by atoms with Gasteiger partial charge in [-0.1, -0.05) is 11.6 Å². The van der Waals surface area contributed by atoms with Crippen LogP contribution in [0.5, 0.6) is 0 Å². The number of nitrogens with one attached hydrogen (secondary N) is 1. The van der Waals surface area contributed by atoms with Crippen LogP contribution in [-0.4, -0.2) is 58.3 Å². The molecular formula is C11H19ClN6. The second-order valence-corrected chi connectivity index (χ2v) is 5.46. The molecule has 0 aliphatic carbocycles. The van der Waals surface area contributed by atoms with E-state index in [1.165, 1.54) is 0 Å². The third-order valence-corrected chi connectivity index (χ3v) is 4.41. The molecule has 0 spiro atoms. The molecule has 0 saturated carbocycles. The first-order valence-corrected chi connectivity index (χ1v) is 6.68. The van der Waals surface area contributed by atoms with Crippen LogP contribution < -0.4 is 11.3 Å². The molecule has 100 valence electrons. The van der Waals surface area contributed by atoms with Crippen LogP contribution in [0.15, 0.2) is 6.20 Å². The zero-order chi connectivity index (χ0) is 12.7. The van der Waals surface area contributed by atoms with Crippen LogP contribution in [0, 0.1) is 0 Å². The van der Waals surface area contributed by atoms with Crippen LogP contribution in [0.4, 0.5) is 0 Å². The average Bonchev–Trinajstić information content (AvgIpc) is 2.73. The van der Waals surface area contributed by atoms with E-state index in [-0.39, 0.29) is 6.04 Å². The first-order chi connectivity index (χ1) is 8.70. The highest BCUT2D eigenvalue weighted by atomic mass is 35.5. The van der Waals surface area contributed by atoms with Gasteiger partial charge < -0.3 is 0 Å². The summed E-state index contributed by atoms with van der Waals surface area (Å²) in [5.41, 5.74) is 3.90. The molecule has 0 amide bonds. The Hall–Kier alpha value is -0.660. The summed E-state index contributed by atoms with van der Waals surface area (Å²) in [6.07, 6.45) is 1.68. The lowest BCUT2D eigenvalue weighted by molar-refractivity contribution is -0.00485. The molecule has 2 atom stereocenters. The van der Waals surface area contributed by atoms with E-state index in [4.69, 9.17) is 17.4 Å². The lowest BCUT2D eigenvalue weighted by Crippen LogP contribution is -2.64. The summed E-state index contributed by atoms with van der Waals surface area (Å²) < 4.78 is 1.81. The van der Waals surface area contributed by atoms with E-state index >= 15 is 0 Å². The minimum absolute atomic E-state index is 0.0214. The molecule has 2 unspecified atom stereocenters. The van der Waals surface area contributed by atoms with Gasteiger partial charge in [0.1, 0.15) is 0 Å². The van der Waals surface area contributed by atoms with Gasteiger partial charge in [-0.15, -0.1) is 0 Å². The van der Waals surface area contributed by atoms with Gasteiger partial charge in [0.2, 0.25) is 0 Å². The monoisotopic (exact) mass is 270 g/mol. The molecule has 7 heteroatoms. The number of piperazine rings is 3. The molecule has 4 rings (SSSR count). The largest absolute Gasteiger partial charge is 0.299 e. The molecule has 3 fully saturated rings. The quantitative estimate of drug-likeness (QED) is 0.577. The Labute approximate surface area is 112 Å². The Morgan fingerprint density at radius 1 is 1.44 bits per heavy atom. The topological polar surface area (TPSA) is 62.4 Å². The summed E-state index contributed by atoms with van der Waals surface area (Å²) in [6, 6.07) is 0.387. The number of hydrogen-bond donors (Lipinski definition) is 2. The molecule has 3 aliphatic heterocycles. The van der Waals surface area contributed by atoms with Gasteiger partial charge >= 0.3 is 0 Å². The van der Waals surface area contributed by atoms with Gasteiger partial charge in [0.05, 0.1) is 23.0 Å². The van der Waals surface area contributed by atoms with Crippen molar-refractivity contribution in [2.75, 3.05) is 32.7 Å². The fourth-order valence-electron chi connectivity index (χ4n) is 3.12. The molecule has 2 bridgehead atoms. The maximum absolute atomic E-state index is 6.23. The summed E-state index contributed by atoms with van der Waals surface area (Å²) in [5.74, 6) is 5.77. The third-order valence-electron chi connectivity index (χ3n) is 4.12. The summed E-state index contributed by atoms with van der Waals surface area (Å²) in [6.45, 7) is 5.58. The zero-order valence-electron chi connectivity index (χ0n) is 10.5. The second kappa shape index (κ2) is 4.79. The molecular weight excluding hydrogens is 252 g/mol. The van der Waals surface area contributed by atoms with Crippen molar-refractivity contribution in [1.82, 2.24) is 25.0 Å². The maximum Gasteiger partial charge on any atom is 0.0835 e. The number of fused-ring (bicyclic) bond motifs is 3. The average molecular weight is 271 g/mol. The Bertz CT molecular complexity index is 406. The Kier molecular flexibility index (Phi) is 3.29. The Morgan fingerprint density at radius 2 is 2.17 bits per heavy atom. The molecule has 4 heterocycles. The molecule has 0 radical (unpaired) electrons. The number of hydrazine groups is 1. The molecule has 3 saturated heterocycles. The van der Waals surface area contributed by atoms with Crippen LogP contribution in [0.3, 0.4) is 0 Å². The maximum atomic E-state index is 6.23. The number of nitrogens with two attached hydrogens (primary N) is 1. The van der Waals surface area contributed by atoms with Gasteiger partial charge in [0, 0.05) is 45.8 Å². The van der Waals surface area contributed by atoms with Crippen molar-refractivity contribution >= 4 is 11.6 Å². The highest BCUT2D eigenvalue weighted by Crippen LogP contribution is 2.30. The minimum atomic E-state index is 0.0214. The van der Waals surface area contributed by atoms with Crippen LogP contribution in [-0.2, 0) is 7.05 Å². The van der Waals surface area contributed by atoms with Crippen LogP contribution in [0.1, 0.15) is 11.7 Å². The van der Waals surface area contributed by atoms with Gasteiger partial charge in [0.15, 0.2) is 0 Å². The summed E-state index contributed by atoms with van der Waals surface area (Å²) >= 11 is 6.23. The van der Waals surface area contributed by atoms with E-state index < -0.39 is 0 Å². The number of nitrogens with zero attached hydrogens (tertiary/aromatic N) is 4. The lowest BCUT2D eigenvalue weighted by Gasteiger charge is -2.49. The third kappa shape index (κ3) is 1.94. The molecule has 0 aromatic carbocycles. The molecule has 3 N–H and O–H groups in total. The fourth-order valence-corrected chi connectivity index (χ4v) is 3.40. The minimum Gasteiger partial charge on any atom is -0.299 e. The second-order valence-electron chi connectivity index (χ2n) is 5.05. The normalized spacial score (nSPS) is 32.7. The van der Waals surface area contributed by atoms with Crippen LogP contribution in [0.25, 0.3) is 0 Å². The highest BCUT2D eigenvalue weighted by molar-refractivity contribution is 6.31. The number of aromatic nitrogens is 2. The fraction of sp³-hybridized carbons (Fsp3) is 0.727. The molecule has 3 aliphatic rings. The molecule has 6 nitrogen and oxygen atoms in total. The standard InChI is InChI=1S/C11H19ClN6/c1-16-11(8(12)6-14-16)10(15-13)9-7-17-2-4-18(9)5-3-17/h6,9-10,15H,2-5,7,13H2,1H3. The van der Waals surface area contributed by atoms with Crippen molar-refractivity contribution in [1.29, 1.82) is 0 Å². The lowest BCUT2D eigenvalue weighted by atomic mass is 9.98. The predicted molar refractivity (Wildman–Crippen MR) is 70.1 cm³/mol. The summed E-state index contributed by atoms with van der Waals surface area (Å²) in [4.78, 5) is 4.98. The first-order valence-electron chi connectivity index (χ1n) is 6.30. The van der Waals surface area contributed by atoms with Gasteiger partial charge in [-0.05, 0) is 0 Å². The van der Waals surface area contributed by atoms with Crippen LogP contribution >= 0.6 is 11.6 Å². The number of hydrogen-bond acceptors (Lipinski definition) is 5. The number of halogens is 1. The van der Waals surface area contributed by atoms with Crippen molar-refractivity contribution in [3.05, 3.63) is 16.9 Å². The van der Waals surface area contributed by atoms with E-state index in [0.29, 0.717) is 11.1 Å². The van der Waals surface area contributed by atoms with Gasteiger partial charge in [-0.3, -0.25) is 20.3 Å². The Morgan fingerprint density at radius 3 is 2.61 bits per heavy atom. The van der Waals surface area contributed by atoms with Crippen molar-refractivity contribution in [2.45, 2.75) is 12.1 Å². The summed E-state index contributed by atoms with van der Waals surface area (Å²) in [7, 11) is 1.91. The predicted octanol–water partition coefficient (Wildman–Crippen LogP) is -0.422. The van der Waals surface area contributed by atoms with Crippen molar-refractivity contribution in [3.8, 4) is 0 Å².